The lowest BCUT2D eigenvalue weighted by Crippen LogP contribution is -2.31. The molecular formula is C18H27NO2. The molecule has 3 heteroatoms. The molecule has 3 nitrogen and oxygen atoms in total. The van der Waals surface area contributed by atoms with Crippen molar-refractivity contribution in [2.75, 3.05) is 5.32 Å². The lowest BCUT2D eigenvalue weighted by Gasteiger charge is -2.37. The van der Waals surface area contributed by atoms with Crippen molar-refractivity contribution in [1.82, 2.24) is 0 Å². The lowest BCUT2D eigenvalue weighted by atomic mass is 9.71. The topological polar surface area (TPSA) is 49.3 Å². The van der Waals surface area contributed by atoms with Gasteiger partial charge in [0.2, 0.25) is 0 Å². The van der Waals surface area contributed by atoms with E-state index in [1.54, 1.807) is 6.07 Å². The number of carbonyl (C=O) groups is 1. The molecule has 0 aliphatic heterocycles. The molecule has 1 aromatic rings. The first kappa shape index (κ1) is 15.9. The Hall–Kier alpha value is -1.51. The number of hydrogen-bond donors (Lipinski definition) is 2. The number of nitrogens with one attached hydrogen (secondary N) is 1. The van der Waals surface area contributed by atoms with E-state index in [0.29, 0.717) is 17.0 Å². The van der Waals surface area contributed by atoms with Crippen LogP contribution in [0.25, 0.3) is 0 Å². The Labute approximate surface area is 127 Å². The predicted molar refractivity (Wildman–Crippen MR) is 87.0 cm³/mol. The molecule has 0 aromatic heterocycles. The zero-order chi connectivity index (χ0) is 15.6. The second-order valence-electron chi connectivity index (χ2n) is 7.34. The molecule has 0 amide bonds. The van der Waals surface area contributed by atoms with E-state index in [2.05, 4.69) is 26.1 Å². The van der Waals surface area contributed by atoms with E-state index in [9.17, 15) is 9.90 Å². The van der Waals surface area contributed by atoms with E-state index in [1.165, 1.54) is 25.7 Å². The second kappa shape index (κ2) is 6.08. The average Bonchev–Trinajstić information content (AvgIpc) is 2.40. The quantitative estimate of drug-likeness (QED) is 0.847. The van der Waals surface area contributed by atoms with Gasteiger partial charge in [-0.1, -0.05) is 26.8 Å². The Kier molecular flexibility index (Phi) is 4.60. The second-order valence-corrected chi connectivity index (χ2v) is 7.34. The van der Waals surface area contributed by atoms with Gasteiger partial charge in [0, 0.05) is 11.7 Å². The first-order valence-corrected chi connectivity index (χ1v) is 7.88. The van der Waals surface area contributed by atoms with Crippen molar-refractivity contribution in [3.63, 3.8) is 0 Å². The Morgan fingerprint density at radius 1 is 1.19 bits per heavy atom. The summed E-state index contributed by atoms with van der Waals surface area (Å²) < 4.78 is 0. The molecule has 1 aliphatic carbocycles. The van der Waals surface area contributed by atoms with Gasteiger partial charge in [0.25, 0.3) is 0 Å². The zero-order valence-corrected chi connectivity index (χ0v) is 13.6. The summed E-state index contributed by atoms with van der Waals surface area (Å²) in [6.45, 7) is 8.86. The molecule has 0 unspecified atom stereocenters. The summed E-state index contributed by atoms with van der Waals surface area (Å²) in [6.07, 6.45) is 4.83. The van der Waals surface area contributed by atoms with Gasteiger partial charge in [-0.15, -0.1) is 0 Å². The molecule has 1 fully saturated rings. The number of benzene rings is 1. The van der Waals surface area contributed by atoms with Crippen molar-refractivity contribution in [1.29, 1.82) is 0 Å². The number of anilines is 1. The largest absolute Gasteiger partial charge is 0.478 e. The maximum absolute atomic E-state index is 11.2. The molecule has 0 bridgehead atoms. The van der Waals surface area contributed by atoms with Crippen molar-refractivity contribution in [2.45, 2.75) is 59.4 Å². The maximum Gasteiger partial charge on any atom is 0.336 e. The van der Waals surface area contributed by atoms with Crippen LogP contribution in [-0.2, 0) is 0 Å². The summed E-state index contributed by atoms with van der Waals surface area (Å²) in [5, 5.41) is 12.7. The summed E-state index contributed by atoms with van der Waals surface area (Å²) in [5.74, 6) is -0.0606. The Morgan fingerprint density at radius 2 is 1.81 bits per heavy atom. The smallest absolute Gasteiger partial charge is 0.336 e. The molecule has 1 saturated carbocycles. The van der Waals surface area contributed by atoms with Crippen LogP contribution in [0, 0.1) is 18.3 Å². The molecule has 116 valence electrons. The standard InChI is InChI=1S/C18H27NO2/c1-12-15(17(20)21)6-5-7-16(12)19-14-10-8-13(9-11-14)18(2,3)4/h5-7,13-14,19H,8-11H2,1-4H3,(H,20,21). The van der Waals surface area contributed by atoms with Gasteiger partial charge >= 0.3 is 5.97 Å². The molecule has 21 heavy (non-hydrogen) atoms. The third-order valence-corrected chi connectivity index (χ3v) is 4.88. The molecule has 1 aromatic carbocycles. The molecule has 2 rings (SSSR count). The summed E-state index contributed by atoms with van der Waals surface area (Å²) in [7, 11) is 0. The fourth-order valence-corrected chi connectivity index (χ4v) is 3.35. The van der Waals surface area contributed by atoms with Gasteiger partial charge in [-0.2, -0.15) is 0 Å². The Morgan fingerprint density at radius 3 is 2.33 bits per heavy atom. The first-order valence-electron chi connectivity index (χ1n) is 7.88. The van der Waals surface area contributed by atoms with Crippen LogP contribution >= 0.6 is 0 Å². The summed E-state index contributed by atoms with van der Waals surface area (Å²) in [5.41, 5.74) is 2.59. The summed E-state index contributed by atoms with van der Waals surface area (Å²) in [4.78, 5) is 11.2. The van der Waals surface area contributed by atoms with Crippen LogP contribution in [0.4, 0.5) is 5.69 Å². The van der Waals surface area contributed by atoms with Crippen LogP contribution in [0.3, 0.4) is 0 Å². The minimum Gasteiger partial charge on any atom is -0.478 e. The fraction of sp³-hybridized carbons (Fsp3) is 0.611. The monoisotopic (exact) mass is 289 g/mol. The third kappa shape index (κ3) is 3.78. The SMILES string of the molecule is Cc1c(NC2CCC(C(C)(C)C)CC2)cccc1C(=O)O. The van der Waals surface area contributed by atoms with Crippen LogP contribution in [0.2, 0.25) is 0 Å². The van der Waals surface area contributed by atoms with Gasteiger partial charge in [0.15, 0.2) is 0 Å². The van der Waals surface area contributed by atoms with E-state index in [0.717, 1.165) is 17.2 Å². The van der Waals surface area contributed by atoms with E-state index in [-0.39, 0.29) is 0 Å². The summed E-state index contributed by atoms with van der Waals surface area (Å²) in [6, 6.07) is 5.93. The number of aromatic carboxylic acids is 1. The average molecular weight is 289 g/mol. The van der Waals surface area contributed by atoms with Crippen LogP contribution < -0.4 is 5.32 Å². The highest BCUT2D eigenvalue weighted by Gasteiger charge is 2.29. The van der Waals surface area contributed by atoms with Crippen molar-refractivity contribution in [3.05, 3.63) is 29.3 Å². The van der Waals surface area contributed by atoms with Crippen molar-refractivity contribution >= 4 is 11.7 Å². The molecule has 0 spiro atoms. The molecular weight excluding hydrogens is 262 g/mol. The first-order chi connectivity index (χ1) is 9.79. The molecule has 0 radical (unpaired) electrons. The van der Waals surface area contributed by atoms with Gasteiger partial charge in [-0.3, -0.25) is 0 Å². The van der Waals surface area contributed by atoms with Gasteiger partial charge in [0.05, 0.1) is 5.56 Å². The van der Waals surface area contributed by atoms with Crippen LogP contribution in [0.15, 0.2) is 18.2 Å². The number of carboxylic acid groups (broad SMARTS) is 1. The number of hydrogen-bond acceptors (Lipinski definition) is 2. The third-order valence-electron chi connectivity index (χ3n) is 4.88. The highest BCUT2D eigenvalue weighted by atomic mass is 16.4. The van der Waals surface area contributed by atoms with Crippen LogP contribution in [0.1, 0.15) is 62.4 Å². The molecule has 0 atom stereocenters. The van der Waals surface area contributed by atoms with Gasteiger partial charge < -0.3 is 10.4 Å². The number of rotatable bonds is 3. The lowest BCUT2D eigenvalue weighted by molar-refractivity contribution is 0.0696. The zero-order valence-electron chi connectivity index (χ0n) is 13.6. The van der Waals surface area contributed by atoms with E-state index >= 15 is 0 Å². The Bertz CT molecular complexity index is 508. The van der Waals surface area contributed by atoms with E-state index < -0.39 is 5.97 Å². The van der Waals surface area contributed by atoms with E-state index in [4.69, 9.17) is 0 Å². The van der Waals surface area contributed by atoms with Crippen LogP contribution in [0.5, 0.6) is 0 Å². The predicted octanol–water partition coefficient (Wildman–Crippen LogP) is 4.71. The van der Waals surface area contributed by atoms with Gasteiger partial charge in [0.1, 0.15) is 0 Å². The van der Waals surface area contributed by atoms with E-state index in [1.807, 2.05) is 19.1 Å². The highest BCUT2D eigenvalue weighted by Crippen LogP contribution is 2.38. The highest BCUT2D eigenvalue weighted by molar-refractivity contribution is 5.91. The minimum atomic E-state index is -0.854. The van der Waals surface area contributed by atoms with Crippen molar-refractivity contribution < 1.29 is 9.90 Å². The van der Waals surface area contributed by atoms with Gasteiger partial charge in [-0.05, 0) is 61.6 Å². The van der Waals surface area contributed by atoms with Crippen LogP contribution in [-0.4, -0.2) is 17.1 Å². The molecule has 1 aliphatic rings. The normalized spacial score (nSPS) is 22.9. The molecule has 2 N–H and O–H groups in total. The minimum absolute atomic E-state index is 0.392. The van der Waals surface area contributed by atoms with Crippen molar-refractivity contribution in [2.24, 2.45) is 11.3 Å². The van der Waals surface area contributed by atoms with Crippen molar-refractivity contribution in [3.8, 4) is 0 Å². The Balaban J connectivity index is 2.01. The maximum atomic E-state index is 11.2. The fourth-order valence-electron chi connectivity index (χ4n) is 3.35. The van der Waals surface area contributed by atoms with Gasteiger partial charge in [-0.25, -0.2) is 4.79 Å². The number of carboxylic acids is 1. The summed E-state index contributed by atoms with van der Waals surface area (Å²) >= 11 is 0. The molecule has 0 heterocycles. The molecule has 0 saturated heterocycles.